The van der Waals surface area contributed by atoms with Gasteiger partial charge in [-0.1, -0.05) is 54.6 Å². The molecular weight excluding hydrogens is 553 g/mol. The van der Waals surface area contributed by atoms with Gasteiger partial charge in [-0.05, 0) is 16.7 Å². The quantitative estimate of drug-likeness (QED) is 0.304. The molecule has 0 saturated carbocycles. The SMILES string of the molecule is OC(CC(F)(F)C(F)(F)C(F)(F)C(F)(F)C(F)(F)C(F)(F)C(F)(F)F)c1ccccc1-c1ccccc1. The Bertz CT molecular complexity index is 1080. The maximum atomic E-state index is 14.2. The largest absolute Gasteiger partial charge is 0.460 e. The van der Waals surface area contributed by atoms with Crippen molar-refractivity contribution in [1.82, 2.24) is 0 Å². The van der Waals surface area contributed by atoms with Crippen LogP contribution in [0.15, 0.2) is 54.6 Å². The van der Waals surface area contributed by atoms with E-state index in [4.69, 9.17) is 0 Å². The number of aliphatic hydroxyl groups is 1. The molecule has 0 aliphatic carbocycles. The first kappa shape index (κ1) is 30.6. The molecule has 16 heteroatoms. The van der Waals surface area contributed by atoms with Crippen LogP contribution in [0.4, 0.5) is 65.9 Å². The van der Waals surface area contributed by atoms with E-state index < -0.39 is 59.8 Å². The second-order valence-corrected chi connectivity index (χ2v) is 7.75. The van der Waals surface area contributed by atoms with Crippen molar-refractivity contribution >= 4 is 0 Å². The normalized spacial score (nSPS) is 15.6. The van der Waals surface area contributed by atoms with E-state index in [-0.39, 0.29) is 11.1 Å². The molecule has 1 unspecified atom stereocenters. The average molecular weight is 566 g/mol. The molecule has 2 aromatic carbocycles. The molecule has 0 radical (unpaired) electrons. The molecular formula is C21H13F15O. The summed E-state index contributed by atoms with van der Waals surface area (Å²) in [7, 11) is 0. The van der Waals surface area contributed by atoms with Gasteiger partial charge in [-0.3, -0.25) is 0 Å². The smallest absolute Gasteiger partial charge is 0.388 e. The first-order chi connectivity index (χ1) is 16.5. The third-order valence-corrected chi connectivity index (χ3v) is 5.25. The summed E-state index contributed by atoms with van der Waals surface area (Å²) in [4.78, 5) is 0. The minimum atomic E-state index is -8.36. The highest BCUT2D eigenvalue weighted by Gasteiger charge is 2.93. The van der Waals surface area contributed by atoms with Gasteiger partial charge >= 0.3 is 41.7 Å². The van der Waals surface area contributed by atoms with E-state index in [0.29, 0.717) is 0 Å². The van der Waals surface area contributed by atoms with Crippen LogP contribution in [0.25, 0.3) is 11.1 Å². The molecule has 1 atom stereocenters. The molecule has 0 saturated heterocycles. The van der Waals surface area contributed by atoms with Crippen LogP contribution in [-0.2, 0) is 0 Å². The number of hydrogen-bond acceptors (Lipinski definition) is 1. The van der Waals surface area contributed by atoms with E-state index >= 15 is 0 Å². The van der Waals surface area contributed by atoms with E-state index in [9.17, 15) is 71.0 Å². The molecule has 0 heterocycles. The summed E-state index contributed by atoms with van der Waals surface area (Å²) in [5.41, 5.74) is -0.616. The van der Waals surface area contributed by atoms with Gasteiger partial charge in [-0.15, -0.1) is 0 Å². The molecule has 0 aliphatic heterocycles. The van der Waals surface area contributed by atoms with E-state index in [1.54, 1.807) is 0 Å². The lowest BCUT2D eigenvalue weighted by Gasteiger charge is -2.41. The van der Waals surface area contributed by atoms with Crippen molar-refractivity contribution in [2.45, 2.75) is 54.2 Å². The number of alkyl halides is 15. The van der Waals surface area contributed by atoms with Gasteiger partial charge in [-0.2, -0.15) is 65.9 Å². The summed E-state index contributed by atoms with van der Waals surface area (Å²) in [6.07, 6.45) is -13.4. The molecule has 0 aromatic heterocycles. The van der Waals surface area contributed by atoms with Gasteiger partial charge in [0.2, 0.25) is 0 Å². The second kappa shape index (κ2) is 9.27. The van der Waals surface area contributed by atoms with Gasteiger partial charge in [0.05, 0.1) is 6.10 Å². The Balaban J connectivity index is 2.50. The molecule has 2 aromatic rings. The monoisotopic (exact) mass is 566 g/mol. The van der Waals surface area contributed by atoms with Crippen molar-refractivity contribution < 1.29 is 71.0 Å². The molecule has 0 fully saturated rings. The van der Waals surface area contributed by atoms with Crippen molar-refractivity contribution in [3.8, 4) is 11.1 Å². The maximum Gasteiger partial charge on any atom is 0.460 e. The highest BCUT2D eigenvalue weighted by molar-refractivity contribution is 5.67. The van der Waals surface area contributed by atoms with Crippen molar-refractivity contribution in [1.29, 1.82) is 0 Å². The molecule has 2 rings (SSSR count). The van der Waals surface area contributed by atoms with Gasteiger partial charge in [-0.25, -0.2) is 0 Å². The number of hydrogen-bond donors (Lipinski definition) is 1. The summed E-state index contributed by atoms with van der Waals surface area (Å²) in [5, 5.41) is 10.1. The number of aliphatic hydroxyl groups excluding tert-OH is 1. The standard InChI is InChI=1S/C21H13F15O/c22-15(23,10-14(37)13-9-5-4-8-12(13)11-6-2-1-3-7-11)16(24,25)17(26,27)18(28,29)19(30,31)20(32,33)21(34,35)36/h1-9,14,37H,10H2. The Morgan fingerprint density at radius 3 is 1.41 bits per heavy atom. The fraction of sp³-hybridized carbons (Fsp3) is 0.429. The second-order valence-electron chi connectivity index (χ2n) is 7.75. The molecule has 37 heavy (non-hydrogen) atoms. The van der Waals surface area contributed by atoms with Crippen LogP contribution < -0.4 is 0 Å². The maximum absolute atomic E-state index is 14.2. The number of rotatable bonds is 9. The first-order valence-electron chi connectivity index (χ1n) is 9.63. The lowest BCUT2D eigenvalue weighted by Crippen LogP contribution is -2.72. The lowest BCUT2D eigenvalue weighted by molar-refractivity contribution is -0.453. The topological polar surface area (TPSA) is 20.2 Å². The predicted octanol–water partition coefficient (Wildman–Crippen LogP) is 8.15. The molecule has 0 amide bonds. The third kappa shape index (κ3) is 4.72. The lowest BCUT2D eigenvalue weighted by atomic mass is 9.87. The molecule has 0 aliphatic rings. The fourth-order valence-electron chi connectivity index (χ4n) is 3.15. The van der Waals surface area contributed by atoms with Crippen molar-refractivity contribution in [3.05, 3.63) is 60.2 Å². The summed E-state index contributed by atoms with van der Waals surface area (Å²) in [5.74, 6) is -47.1. The minimum Gasteiger partial charge on any atom is -0.388 e. The minimum absolute atomic E-state index is 0.136. The highest BCUT2D eigenvalue weighted by atomic mass is 19.4. The van der Waals surface area contributed by atoms with Gasteiger partial charge in [0.15, 0.2) is 0 Å². The van der Waals surface area contributed by atoms with Crippen LogP contribution in [0.1, 0.15) is 18.1 Å². The zero-order valence-corrected chi connectivity index (χ0v) is 17.6. The molecule has 0 bridgehead atoms. The Kier molecular flexibility index (Phi) is 7.66. The van der Waals surface area contributed by atoms with Crippen LogP contribution in [0, 0.1) is 0 Å². The molecule has 208 valence electrons. The Labute approximate surface area is 197 Å². The fourth-order valence-corrected chi connectivity index (χ4v) is 3.15. The number of halogens is 15. The summed E-state index contributed by atoms with van der Waals surface area (Å²) >= 11 is 0. The van der Waals surface area contributed by atoms with Crippen molar-refractivity contribution in [2.24, 2.45) is 0 Å². The predicted molar refractivity (Wildman–Crippen MR) is 97.2 cm³/mol. The van der Waals surface area contributed by atoms with Crippen LogP contribution in [-0.4, -0.2) is 46.8 Å². The Morgan fingerprint density at radius 2 is 0.919 bits per heavy atom. The van der Waals surface area contributed by atoms with E-state index in [1.807, 2.05) is 0 Å². The summed E-state index contributed by atoms with van der Waals surface area (Å²) in [6.45, 7) is 0. The third-order valence-electron chi connectivity index (χ3n) is 5.25. The van der Waals surface area contributed by atoms with Gasteiger partial charge in [0.1, 0.15) is 0 Å². The van der Waals surface area contributed by atoms with Crippen molar-refractivity contribution in [3.63, 3.8) is 0 Å². The van der Waals surface area contributed by atoms with Crippen molar-refractivity contribution in [2.75, 3.05) is 0 Å². The molecule has 1 nitrogen and oxygen atoms in total. The Morgan fingerprint density at radius 1 is 0.514 bits per heavy atom. The average Bonchev–Trinajstić information content (AvgIpc) is 2.78. The van der Waals surface area contributed by atoms with Gasteiger partial charge in [0, 0.05) is 6.42 Å². The Hall–Kier alpha value is -2.65. The van der Waals surface area contributed by atoms with Crippen LogP contribution >= 0.6 is 0 Å². The summed E-state index contributed by atoms with van der Waals surface area (Å²) < 4.78 is 200. The highest BCUT2D eigenvalue weighted by Crippen LogP contribution is 2.63. The van der Waals surface area contributed by atoms with E-state index in [0.717, 1.165) is 18.2 Å². The first-order valence-corrected chi connectivity index (χ1v) is 9.63. The van der Waals surface area contributed by atoms with Crippen LogP contribution in [0.3, 0.4) is 0 Å². The zero-order chi connectivity index (χ0) is 28.9. The molecule has 1 N–H and O–H groups in total. The van der Waals surface area contributed by atoms with Crippen LogP contribution in [0.5, 0.6) is 0 Å². The van der Waals surface area contributed by atoms with Crippen LogP contribution in [0.2, 0.25) is 0 Å². The zero-order valence-electron chi connectivity index (χ0n) is 17.6. The molecule has 0 spiro atoms. The summed E-state index contributed by atoms with van der Waals surface area (Å²) in [6, 6.07) is 11.3. The van der Waals surface area contributed by atoms with Gasteiger partial charge in [0.25, 0.3) is 0 Å². The number of benzene rings is 2. The van der Waals surface area contributed by atoms with E-state index in [2.05, 4.69) is 0 Å². The van der Waals surface area contributed by atoms with E-state index in [1.165, 1.54) is 36.4 Å². The van der Waals surface area contributed by atoms with Gasteiger partial charge < -0.3 is 5.11 Å².